The summed E-state index contributed by atoms with van der Waals surface area (Å²) in [5.74, 6) is 0. The van der Waals surface area contributed by atoms with Crippen LogP contribution in [0.1, 0.15) is 32.6 Å². The van der Waals surface area contributed by atoms with Crippen molar-refractivity contribution in [2.45, 2.75) is 38.7 Å². The van der Waals surface area contributed by atoms with Crippen LogP contribution in [0.5, 0.6) is 0 Å². The monoisotopic (exact) mass is 218 g/mol. The Hall–Kier alpha value is 0.339. The third-order valence-electron chi connectivity index (χ3n) is 1.20. The molecular weight excluding hydrogens is 205 g/mol. The van der Waals surface area contributed by atoms with E-state index in [0.717, 1.165) is 12.8 Å². The number of rotatable bonds is 5. The molecule has 0 spiro atoms. The molecule has 0 aliphatic heterocycles. The van der Waals surface area contributed by atoms with Gasteiger partial charge in [0.25, 0.3) is 0 Å². The van der Waals surface area contributed by atoms with Crippen molar-refractivity contribution < 1.29 is 12.6 Å². The predicted octanol–water partition coefficient (Wildman–Crippen LogP) is 1.99. The summed E-state index contributed by atoms with van der Waals surface area (Å²) < 4.78 is 28.4. The Morgan fingerprint density at radius 2 is 2.00 bits per heavy atom. The van der Waals surface area contributed by atoms with E-state index in [1.165, 1.54) is 16.3 Å². The first-order valence-corrected chi connectivity index (χ1v) is 4.09. The molecule has 10 heavy (non-hydrogen) atoms. The fourth-order valence-corrected chi connectivity index (χ4v) is 0.818. The van der Waals surface area contributed by atoms with E-state index in [2.05, 4.69) is 3.82 Å². The van der Waals surface area contributed by atoms with Crippen LogP contribution in [0.15, 0.2) is 0 Å². The summed E-state index contributed by atoms with van der Waals surface area (Å²) in [6, 6.07) is 0. The maximum atomic E-state index is 12.2. The molecule has 0 aromatic carbocycles. The molecule has 0 saturated heterocycles. The Bertz CT molecular complexity index is 87.8. The van der Waals surface area contributed by atoms with Crippen LogP contribution in [0.25, 0.3) is 0 Å². The number of unbranched alkanes of at least 4 members (excludes halogenated alkanes) is 2. The summed E-state index contributed by atoms with van der Waals surface area (Å²) in [5.41, 5.74) is 0. The van der Waals surface area contributed by atoms with Crippen molar-refractivity contribution in [1.29, 1.82) is 0 Å². The van der Waals surface area contributed by atoms with Gasteiger partial charge in [0.15, 0.2) is 0 Å². The fourth-order valence-electron chi connectivity index (χ4n) is 0.626. The van der Waals surface area contributed by atoms with Gasteiger partial charge in [-0.1, -0.05) is 0 Å². The van der Waals surface area contributed by atoms with Gasteiger partial charge in [0, 0.05) is 0 Å². The molecule has 0 saturated carbocycles. The normalized spacial score (nSPS) is 12.0. The van der Waals surface area contributed by atoms with E-state index < -0.39 is 6.11 Å². The molecule has 0 fully saturated rings. The summed E-state index contributed by atoms with van der Waals surface area (Å²) in [7, 11) is 0. The standard InChI is InChI=1S/C6H12F2OSe/c1-2-3-4-5-6(7,8)9-10/h10H,2-5H2,1H3. The fraction of sp³-hybridized carbons (Fsp3) is 1.00. The first kappa shape index (κ1) is 10.3. The van der Waals surface area contributed by atoms with Crippen molar-refractivity contribution in [3.05, 3.63) is 0 Å². The van der Waals surface area contributed by atoms with Crippen LogP contribution in [0, 0.1) is 0 Å². The Kier molecular flexibility index (Phi) is 5.22. The van der Waals surface area contributed by atoms with E-state index in [4.69, 9.17) is 0 Å². The third-order valence-corrected chi connectivity index (χ3v) is 1.77. The quantitative estimate of drug-likeness (QED) is 0.505. The second kappa shape index (κ2) is 5.05. The first-order chi connectivity index (χ1) is 4.62. The zero-order valence-corrected chi connectivity index (χ0v) is 7.82. The zero-order chi connectivity index (χ0) is 8.04. The van der Waals surface area contributed by atoms with E-state index in [-0.39, 0.29) is 6.42 Å². The Morgan fingerprint density at radius 3 is 2.40 bits per heavy atom. The molecule has 0 aliphatic rings. The van der Waals surface area contributed by atoms with Crippen LogP contribution in [0.4, 0.5) is 8.78 Å². The van der Waals surface area contributed by atoms with Crippen LogP contribution in [-0.2, 0) is 3.82 Å². The number of hydrogen-bond acceptors (Lipinski definition) is 1. The summed E-state index contributed by atoms with van der Waals surface area (Å²) in [6.45, 7) is 1.97. The van der Waals surface area contributed by atoms with Gasteiger partial charge in [0.05, 0.1) is 0 Å². The Labute approximate surface area is 68.3 Å². The molecule has 1 nitrogen and oxygen atoms in total. The molecule has 0 radical (unpaired) electrons. The van der Waals surface area contributed by atoms with Crippen LogP contribution >= 0.6 is 0 Å². The van der Waals surface area contributed by atoms with E-state index in [0.29, 0.717) is 6.42 Å². The Balaban J connectivity index is 3.28. The van der Waals surface area contributed by atoms with Crippen molar-refractivity contribution in [3.63, 3.8) is 0 Å². The molecule has 0 N–H and O–H groups in total. The average Bonchev–Trinajstić information content (AvgIpc) is 1.89. The minimum atomic E-state index is -2.94. The molecule has 0 unspecified atom stereocenters. The van der Waals surface area contributed by atoms with Gasteiger partial charge in [0.1, 0.15) is 0 Å². The van der Waals surface area contributed by atoms with Gasteiger partial charge in [0.2, 0.25) is 0 Å². The van der Waals surface area contributed by atoms with E-state index >= 15 is 0 Å². The third kappa shape index (κ3) is 5.15. The summed E-state index contributed by atoms with van der Waals surface area (Å²) in [5, 5.41) is 0. The molecule has 0 aromatic heterocycles. The number of halogens is 2. The molecule has 62 valence electrons. The summed E-state index contributed by atoms with van der Waals surface area (Å²) in [6.07, 6.45) is -0.785. The minimum absolute atomic E-state index is 0.171. The molecule has 0 heterocycles. The van der Waals surface area contributed by atoms with Crippen LogP contribution in [0.2, 0.25) is 0 Å². The van der Waals surface area contributed by atoms with Gasteiger partial charge in [-0.2, -0.15) is 0 Å². The van der Waals surface area contributed by atoms with Crippen LogP contribution < -0.4 is 0 Å². The summed E-state index contributed by atoms with van der Waals surface area (Å²) >= 11 is 1.45. The van der Waals surface area contributed by atoms with Crippen molar-refractivity contribution in [1.82, 2.24) is 0 Å². The van der Waals surface area contributed by atoms with Gasteiger partial charge in [-0.15, -0.1) is 0 Å². The molecule has 0 atom stereocenters. The molecule has 4 heteroatoms. The molecule has 0 bridgehead atoms. The van der Waals surface area contributed by atoms with E-state index in [9.17, 15) is 8.78 Å². The van der Waals surface area contributed by atoms with E-state index in [1.807, 2.05) is 6.92 Å². The molecule has 0 aliphatic carbocycles. The van der Waals surface area contributed by atoms with Crippen molar-refractivity contribution in [2.75, 3.05) is 0 Å². The van der Waals surface area contributed by atoms with E-state index in [1.54, 1.807) is 0 Å². The first-order valence-electron chi connectivity index (χ1n) is 3.33. The number of alkyl halides is 2. The van der Waals surface area contributed by atoms with Crippen LogP contribution in [0.3, 0.4) is 0 Å². The zero-order valence-electron chi connectivity index (χ0n) is 5.94. The predicted molar refractivity (Wildman–Crippen MR) is 37.3 cm³/mol. The van der Waals surface area contributed by atoms with Crippen molar-refractivity contribution in [2.24, 2.45) is 0 Å². The van der Waals surface area contributed by atoms with Crippen molar-refractivity contribution >= 4 is 16.3 Å². The van der Waals surface area contributed by atoms with Gasteiger partial charge >= 0.3 is 67.7 Å². The molecule has 0 aromatic rings. The SMILES string of the molecule is CCCCCC(F)(F)O[SeH]. The van der Waals surface area contributed by atoms with Gasteiger partial charge in [-0.25, -0.2) is 0 Å². The molecule has 0 rings (SSSR count). The number of hydrogen-bond donors (Lipinski definition) is 0. The van der Waals surface area contributed by atoms with Crippen LogP contribution in [-0.4, -0.2) is 22.5 Å². The topological polar surface area (TPSA) is 9.23 Å². The summed E-state index contributed by atoms with van der Waals surface area (Å²) in [4.78, 5) is 0. The second-order valence-electron chi connectivity index (χ2n) is 2.19. The Morgan fingerprint density at radius 1 is 1.40 bits per heavy atom. The average molecular weight is 217 g/mol. The van der Waals surface area contributed by atoms with Gasteiger partial charge in [-0.3, -0.25) is 0 Å². The van der Waals surface area contributed by atoms with Gasteiger partial charge < -0.3 is 0 Å². The van der Waals surface area contributed by atoms with Gasteiger partial charge in [-0.05, 0) is 0 Å². The van der Waals surface area contributed by atoms with Crippen molar-refractivity contribution in [3.8, 4) is 0 Å². The second-order valence-corrected chi connectivity index (χ2v) is 2.57. The molecule has 0 amide bonds. The molecular formula is C6H12F2OSe. The maximum absolute atomic E-state index is 12.2.